The van der Waals surface area contributed by atoms with Crippen LogP contribution in [-0.4, -0.2) is 14.5 Å². The molecule has 112 valence electrons. The van der Waals surface area contributed by atoms with Gasteiger partial charge in [0, 0.05) is 17.4 Å². The smallest absolute Gasteiger partial charge is 0.238 e. The van der Waals surface area contributed by atoms with E-state index < -0.39 is 10.0 Å². The molecule has 1 aromatic rings. The molecular weight excluding hydrogens is 274 g/mol. The molecule has 1 aliphatic rings. The van der Waals surface area contributed by atoms with E-state index in [-0.39, 0.29) is 4.90 Å². The van der Waals surface area contributed by atoms with Crippen LogP contribution in [0.3, 0.4) is 0 Å². The summed E-state index contributed by atoms with van der Waals surface area (Å²) in [6.07, 6.45) is 5.91. The highest BCUT2D eigenvalue weighted by atomic mass is 32.2. The van der Waals surface area contributed by atoms with Gasteiger partial charge in [0.1, 0.15) is 0 Å². The van der Waals surface area contributed by atoms with Crippen molar-refractivity contribution < 1.29 is 8.42 Å². The quantitative estimate of drug-likeness (QED) is 0.743. The maximum atomic E-state index is 11.4. The van der Waals surface area contributed by atoms with Gasteiger partial charge >= 0.3 is 0 Å². The molecular formula is C14H23N3O2S. The van der Waals surface area contributed by atoms with Crippen LogP contribution in [0, 0.1) is 5.92 Å². The van der Waals surface area contributed by atoms with Crippen molar-refractivity contribution in [1.29, 1.82) is 0 Å². The number of hydrogen-bond acceptors (Lipinski definition) is 4. The summed E-state index contributed by atoms with van der Waals surface area (Å²) in [6.45, 7) is 2.21. The van der Waals surface area contributed by atoms with Crippen LogP contribution >= 0.6 is 0 Å². The first-order valence-corrected chi connectivity index (χ1v) is 8.63. The van der Waals surface area contributed by atoms with Crippen LogP contribution in [0.5, 0.6) is 0 Å². The van der Waals surface area contributed by atoms with Crippen molar-refractivity contribution in [2.24, 2.45) is 11.1 Å². The van der Waals surface area contributed by atoms with Crippen LogP contribution in [0.2, 0.25) is 0 Å². The van der Waals surface area contributed by atoms with Gasteiger partial charge in [-0.3, -0.25) is 0 Å². The molecule has 2 unspecified atom stereocenters. The van der Waals surface area contributed by atoms with Crippen LogP contribution < -0.4 is 16.2 Å². The summed E-state index contributed by atoms with van der Waals surface area (Å²) >= 11 is 0. The van der Waals surface area contributed by atoms with Crippen molar-refractivity contribution in [2.45, 2.75) is 50.0 Å². The summed E-state index contributed by atoms with van der Waals surface area (Å²) in [6, 6.07) is 5.07. The van der Waals surface area contributed by atoms with E-state index in [1.54, 1.807) is 12.1 Å². The number of anilines is 2. The van der Waals surface area contributed by atoms with E-state index in [4.69, 9.17) is 10.9 Å². The number of sulfonamides is 1. The average Bonchev–Trinajstić information content (AvgIpc) is 2.37. The highest BCUT2D eigenvalue weighted by Gasteiger charge is 2.21. The lowest BCUT2D eigenvalue weighted by molar-refractivity contribution is 0.327. The molecule has 0 amide bonds. The fourth-order valence-corrected chi connectivity index (χ4v) is 3.49. The van der Waals surface area contributed by atoms with Gasteiger partial charge in [-0.05, 0) is 37.0 Å². The summed E-state index contributed by atoms with van der Waals surface area (Å²) in [5.74, 6) is 0.750. The number of primary sulfonamides is 1. The van der Waals surface area contributed by atoms with Gasteiger partial charge in [0.05, 0.1) is 4.90 Å². The minimum absolute atomic E-state index is 0.0582. The molecule has 0 heterocycles. The lowest BCUT2D eigenvalue weighted by Crippen LogP contribution is -2.27. The maximum Gasteiger partial charge on any atom is 0.238 e. The minimum atomic E-state index is -3.72. The highest BCUT2D eigenvalue weighted by molar-refractivity contribution is 7.89. The number of hydrogen-bond donors (Lipinski definition) is 3. The van der Waals surface area contributed by atoms with Gasteiger partial charge in [0.2, 0.25) is 10.0 Å². The molecule has 0 bridgehead atoms. The Morgan fingerprint density at radius 2 is 2.05 bits per heavy atom. The first kappa shape index (κ1) is 15.1. The van der Waals surface area contributed by atoms with Gasteiger partial charge < -0.3 is 11.1 Å². The van der Waals surface area contributed by atoms with Crippen LogP contribution in [0.25, 0.3) is 0 Å². The van der Waals surface area contributed by atoms with E-state index in [1.807, 2.05) is 0 Å². The molecule has 20 heavy (non-hydrogen) atoms. The summed E-state index contributed by atoms with van der Waals surface area (Å²) in [7, 11) is -3.72. The zero-order valence-electron chi connectivity index (χ0n) is 11.8. The second-order valence-electron chi connectivity index (χ2n) is 5.62. The Bertz CT molecular complexity index is 572. The van der Waals surface area contributed by atoms with E-state index in [1.165, 1.54) is 25.3 Å². The van der Waals surface area contributed by atoms with Crippen molar-refractivity contribution in [2.75, 3.05) is 11.1 Å². The van der Waals surface area contributed by atoms with E-state index in [0.717, 1.165) is 24.4 Å². The summed E-state index contributed by atoms with van der Waals surface area (Å²) in [4.78, 5) is 0.0582. The second kappa shape index (κ2) is 6.01. The Balaban J connectivity index is 2.15. The van der Waals surface area contributed by atoms with Gasteiger partial charge in [-0.25, -0.2) is 13.6 Å². The molecule has 1 aromatic carbocycles. The molecule has 5 N–H and O–H groups in total. The highest BCUT2D eigenvalue weighted by Crippen LogP contribution is 2.29. The van der Waals surface area contributed by atoms with Gasteiger partial charge in [-0.15, -0.1) is 0 Å². The predicted octanol–water partition coefficient (Wildman–Crippen LogP) is 2.30. The molecule has 6 heteroatoms. The van der Waals surface area contributed by atoms with E-state index >= 15 is 0 Å². The Morgan fingerprint density at radius 1 is 1.30 bits per heavy atom. The third kappa shape index (κ3) is 3.86. The Hall–Kier alpha value is -1.27. The number of nitrogens with one attached hydrogen (secondary N) is 1. The number of rotatable bonds is 4. The maximum absolute atomic E-state index is 11.4. The topological polar surface area (TPSA) is 98.2 Å². The SMILES string of the molecule is CCC1CCCC(Nc2cc(N)cc(S(N)(=O)=O)c2)C1. The molecule has 2 rings (SSSR count). The summed E-state index contributed by atoms with van der Waals surface area (Å²) in [5.41, 5.74) is 6.89. The van der Waals surface area contributed by atoms with Crippen LogP contribution in [0.1, 0.15) is 39.0 Å². The third-order valence-electron chi connectivity index (χ3n) is 3.99. The van der Waals surface area contributed by atoms with Gasteiger partial charge in [0.15, 0.2) is 0 Å². The Morgan fingerprint density at radius 3 is 2.70 bits per heavy atom. The molecule has 2 atom stereocenters. The first-order chi connectivity index (χ1) is 9.38. The number of benzene rings is 1. The van der Waals surface area contributed by atoms with E-state index in [2.05, 4.69) is 12.2 Å². The fourth-order valence-electron chi connectivity index (χ4n) is 2.90. The summed E-state index contributed by atoms with van der Waals surface area (Å²) in [5, 5.41) is 8.56. The molecule has 0 aromatic heterocycles. The predicted molar refractivity (Wildman–Crippen MR) is 81.9 cm³/mol. The third-order valence-corrected chi connectivity index (χ3v) is 4.88. The molecule has 1 saturated carbocycles. The molecule has 0 saturated heterocycles. The molecule has 1 aliphatic carbocycles. The minimum Gasteiger partial charge on any atom is -0.399 e. The standard InChI is InChI=1S/C14H23N3O2S/c1-2-10-4-3-5-12(6-10)17-13-7-11(15)8-14(9-13)20(16,18)19/h7-10,12,17H,2-6,15H2,1H3,(H2,16,18,19). The lowest BCUT2D eigenvalue weighted by Gasteiger charge is -2.30. The molecule has 0 aliphatic heterocycles. The Kier molecular flexibility index (Phi) is 4.55. The lowest BCUT2D eigenvalue weighted by atomic mass is 9.84. The van der Waals surface area contributed by atoms with Crippen molar-refractivity contribution in [1.82, 2.24) is 0 Å². The molecule has 5 nitrogen and oxygen atoms in total. The zero-order chi connectivity index (χ0) is 14.8. The van der Waals surface area contributed by atoms with Crippen LogP contribution in [0.4, 0.5) is 11.4 Å². The van der Waals surface area contributed by atoms with Gasteiger partial charge in [-0.1, -0.05) is 26.2 Å². The average molecular weight is 297 g/mol. The van der Waals surface area contributed by atoms with Gasteiger partial charge in [-0.2, -0.15) is 0 Å². The fraction of sp³-hybridized carbons (Fsp3) is 0.571. The van der Waals surface area contributed by atoms with E-state index in [0.29, 0.717) is 11.7 Å². The number of nitrogens with two attached hydrogens (primary N) is 2. The first-order valence-electron chi connectivity index (χ1n) is 7.08. The zero-order valence-corrected chi connectivity index (χ0v) is 12.6. The van der Waals surface area contributed by atoms with Crippen LogP contribution in [-0.2, 0) is 10.0 Å². The van der Waals surface area contributed by atoms with Gasteiger partial charge in [0.25, 0.3) is 0 Å². The second-order valence-corrected chi connectivity index (χ2v) is 7.18. The molecule has 0 radical (unpaired) electrons. The largest absolute Gasteiger partial charge is 0.399 e. The number of nitrogen functional groups attached to an aromatic ring is 1. The summed E-state index contributed by atoms with van der Waals surface area (Å²) < 4.78 is 22.8. The van der Waals surface area contributed by atoms with Crippen LogP contribution in [0.15, 0.2) is 23.1 Å². The van der Waals surface area contributed by atoms with E-state index in [9.17, 15) is 8.42 Å². The normalized spacial score (nSPS) is 23.5. The van der Waals surface area contributed by atoms with Crippen molar-refractivity contribution in [3.8, 4) is 0 Å². The Labute approximate surface area is 120 Å². The van der Waals surface area contributed by atoms with Crippen molar-refractivity contribution in [3.63, 3.8) is 0 Å². The van der Waals surface area contributed by atoms with Crippen molar-refractivity contribution >= 4 is 21.4 Å². The molecule has 0 spiro atoms. The van der Waals surface area contributed by atoms with Crippen molar-refractivity contribution in [3.05, 3.63) is 18.2 Å². The monoisotopic (exact) mass is 297 g/mol. The molecule has 1 fully saturated rings.